The van der Waals surface area contributed by atoms with Gasteiger partial charge in [-0.1, -0.05) is 19.6 Å². The summed E-state index contributed by atoms with van der Waals surface area (Å²) in [5.41, 5.74) is 5.88. The molecular weight excluding hydrogens is 415 g/mol. The van der Waals surface area contributed by atoms with Gasteiger partial charge in [-0.25, -0.2) is 4.39 Å². The largest absolute Gasteiger partial charge is 0.460 e. The summed E-state index contributed by atoms with van der Waals surface area (Å²) in [5, 5.41) is 7.11. The molecule has 0 atom stereocenters. The van der Waals surface area contributed by atoms with Crippen LogP contribution >= 0.6 is 0 Å². The fourth-order valence-electron chi connectivity index (χ4n) is 4.26. The monoisotopic (exact) mass is 450 g/mol. The highest BCUT2D eigenvalue weighted by molar-refractivity contribution is 5.94. The van der Waals surface area contributed by atoms with Gasteiger partial charge in [0.15, 0.2) is 5.82 Å². The number of amides is 1. The van der Waals surface area contributed by atoms with Crippen LogP contribution in [-0.4, -0.2) is 62.0 Å². The molecule has 0 unspecified atom stereocenters. The van der Waals surface area contributed by atoms with Crippen molar-refractivity contribution >= 4 is 23.4 Å². The SMILES string of the molecule is C.COC1CCC(C(=O)N2CCN(c3cccc(COC(=O)CC(=N)N)c3F)CC2)CC1. The maximum Gasteiger partial charge on any atom is 0.313 e. The number of carbonyl (C=O) groups excluding carboxylic acids is 2. The molecular formula is C23H35FN4O4. The molecule has 0 spiro atoms. The first kappa shape index (κ1) is 25.6. The number of anilines is 1. The van der Waals surface area contributed by atoms with E-state index in [1.54, 1.807) is 25.3 Å². The molecule has 3 N–H and O–H groups in total. The van der Waals surface area contributed by atoms with Crippen LogP contribution in [0.1, 0.15) is 45.1 Å². The number of esters is 1. The second kappa shape index (κ2) is 11.8. The topological polar surface area (TPSA) is 109 Å². The fraction of sp³-hybridized carbons (Fsp3) is 0.609. The fourth-order valence-corrected chi connectivity index (χ4v) is 4.26. The van der Waals surface area contributed by atoms with Gasteiger partial charge in [0.2, 0.25) is 5.91 Å². The Balaban J connectivity index is 0.00000363. The molecule has 2 aliphatic rings. The zero-order valence-corrected chi connectivity index (χ0v) is 17.9. The van der Waals surface area contributed by atoms with E-state index in [9.17, 15) is 14.0 Å². The van der Waals surface area contributed by atoms with E-state index in [0.717, 1.165) is 25.7 Å². The zero-order chi connectivity index (χ0) is 22.4. The molecule has 0 bridgehead atoms. The van der Waals surface area contributed by atoms with Gasteiger partial charge in [0, 0.05) is 44.8 Å². The Labute approximate surface area is 189 Å². The number of ether oxygens (including phenoxy) is 2. The molecule has 9 heteroatoms. The van der Waals surface area contributed by atoms with E-state index < -0.39 is 11.8 Å². The summed E-state index contributed by atoms with van der Waals surface area (Å²) in [6.07, 6.45) is 3.50. The van der Waals surface area contributed by atoms with Crippen molar-refractivity contribution < 1.29 is 23.5 Å². The van der Waals surface area contributed by atoms with Crippen LogP contribution in [0.3, 0.4) is 0 Å². The van der Waals surface area contributed by atoms with Crippen molar-refractivity contribution in [3.8, 4) is 0 Å². The summed E-state index contributed by atoms with van der Waals surface area (Å²) in [6.45, 7) is 1.99. The van der Waals surface area contributed by atoms with E-state index in [-0.39, 0.29) is 49.8 Å². The Bertz CT molecular complexity index is 803. The molecule has 1 aliphatic carbocycles. The van der Waals surface area contributed by atoms with Gasteiger partial charge in [-0.3, -0.25) is 15.0 Å². The van der Waals surface area contributed by atoms with E-state index in [4.69, 9.17) is 20.6 Å². The number of rotatable bonds is 7. The van der Waals surface area contributed by atoms with Crippen molar-refractivity contribution in [2.45, 2.75) is 52.2 Å². The van der Waals surface area contributed by atoms with Gasteiger partial charge in [-0.05, 0) is 31.7 Å². The van der Waals surface area contributed by atoms with Crippen LogP contribution in [0.4, 0.5) is 10.1 Å². The molecule has 1 aliphatic heterocycles. The van der Waals surface area contributed by atoms with Crippen molar-refractivity contribution in [2.75, 3.05) is 38.2 Å². The van der Waals surface area contributed by atoms with Gasteiger partial charge in [0.1, 0.15) is 18.9 Å². The lowest BCUT2D eigenvalue weighted by atomic mass is 9.86. The number of nitrogens with two attached hydrogens (primary N) is 1. The third kappa shape index (κ3) is 6.41. The first-order valence-corrected chi connectivity index (χ1v) is 10.7. The third-order valence-electron chi connectivity index (χ3n) is 6.07. The lowest BCUT2D eigenvalue weighted by molar-refractivity contribution is -0.143. The van der Waals surface area contributed by atoms with Gasteiger partial charge in [0.05, 0.1) is 11.8 Å². The maximum atomic E-state index is 15.0. The second-order valence-electron chi connectivity index (χ2n) is 8.13. The number of hydrogen-bond donors (Lipinski definition) is 2. The number of hydrogen-bond acceptors (Lipinski definition) is 6. The number of nitrogens with zero attached hydrogens (tertiary/aromatic N) is 2. The Morgan fingerprint density at radius 1 is 1.16 bits per heavy atom. The summed E-state index contributed by atoms with van der Waals surface area (Å²) in [7, 11) is 1.72. The zero-order valence-electron chi connectivity index (χ0n) is 17.9. The quantitative estimate of drug-likeness (QED) is 0.376. The second-order valence-corrected chi connectivity index (χ2v) is 8.13. The van der Waals surface area contributed by atoms with Crippen molar-refractivity contribution in [2.24, 2.45) is 11.7 Å². The molecule has 1 heterocycles. The molecule has 0 aromatic heterocycles. The van der Waals surface area contributed by atoms with Crippen molar-refractivity contribution in [3.63, 3.8) is 0 Å². The number of benzene rings is 1. The standard InChI is InChI=1S/C22H31FN4O4.CH4/c1-30-17-7-5-15(6-8-17)22(29)27-11-9-26(10-12-27)18-4-2-3-16(21(18)23)14-31-20(28)13-19(24)25;/h2-4,15,17H,5-14H2,1H3,(H3,24,25);1H4. The number of amidine groups is 1. The smallest absolute Gasteiger partial charge is 0.313 e. The van der Waals surface area contributed by atoms with Crippen LogP contribution in [0.25, 0.3) is 0 Å². The van der Waals surface area contributed by atoms with Crippen LogP contribution in [-0.2, 0) is 25.7 Å². The van der Waals surface area contributed by atoms with Crippen LogP contribution in [0, 0.1) is 17.1 Å². The van der Waals surface area contributed by atoms with Crippen molar-refractivity contribution in [1.82, 2.24) is 4.90 Å². The predicted octanol–water partition coefficient (Wildman–Crippen LogP) is 2.68. The molecule has 178 valence electrons. The molecule has 8 nitrogen and oxygen atoms in total. The van der Waals surface area contributed by atoms with E-state index >= 15 is 0 Å². The van der Waals surface area contributed by atoms with E-state index in [2.05, 4.69) is 0 Å². The molecule has 1 aromatic carbocycles. The Hall–Kier alpha value is -2.68. The van der Waals surface area contributed by atoms with Gasteiger partial charge in [0.25, 0.3) is 0 Å². The third-order valence-corrected chi connectivity index (χ3v) is 6.07. The average Bonchev–Trinajstić information content (AvgIpc) is 2.77. The lowest BCUT2D eigenvalue weighted by Crippen LogP contribution is -2.51. The molecule has 1 saturated carbocycles. The molecule has 1 aromatic rings. The number of nitrogens with one attached hydrogen (secondary N) is 1. The van der Waals surface area contributed by atoms with Crippen molar-refractivity contribution in [3.05, 3.63) is 29.6 Å². The maximum absolute atomic E-state index is 15.0. The minimum Gasteiger partial charge on any atom is -0.460 e. The number of methoxy groups -OCH3 is 1. The summed E-state index contributed by atoms with van der Waals surface area (Å²) in [4.78, 5) is 28.2. The van der Waals surface area contributed by atoms with Gasteiger partial charge in [-0.2, -0.15) is 0 Å². The van der Waals surface area contributed by atoms with Crippen LogP contribution < -0.4 is 10.6 Å². The summed E-state index contributed by atoms with van der Waals surface area (Å²) in [6, 6.07) is 4.98. The normalized spacial score (nSPS) is 20.9. The Kier molecular flexibility index (Phi) is 9.43. The highest BCUT2D eigenvalue weighted by Gasteiger charge is 2.31. The molecule has 1 saturated heterocycles. The highest BCUT2D eigenvalue weighted by Crippen LogP contribution is 2.29. The summed E-state index contributed by atoms with van der Waals surface area (Å²) < 4.78 is 25.4. The molecule has 2 fully saturated rings. The Morgan fingerprint density at radius 3 is 2.41 bits per heavy atom. The van der Waals surface area contributed by atoms with Crippen LogP contribution in [0.5, 0.6) is 0 Å². The van der Waals surface area contributed by atoms with Crippen LogP contribution in [0.15, 0.2) is 18.2 Å². The first-order valence-electron chi connectivity index (χ1n) is 10.7. The minimum atomic E-state index is -0.663. The van der Waals surface area contributed by atoms with E-state index in [0.29, 0.717) is 31.9 Å². The van der Waals surface area contributed by atoms with Crippen LogP contribution in [0.2, 0.25) is 0 Å². The number of piperazine rings is 1. The number of halogens is 1. The predicted molar refractivity (Wildman–Crippen MR) is 121 cm³/mol. The van der Waals surface area contributed by atoms with E-state index in [1.165, 1.54) is 0 Å². The minimum absolute atomic E-state index is 0. The van der Waals surface area contributed by atoms with Gasteiger partial charge < -0.3 is 25.0 Å². The average molecular weight is 451 g/mol. The van der Waals surface area contributed by atoms with Crippen molar-refractivity contribution in [1.29, 1.82) is 5.41 Å². The highest BCUT2D eigenvalue weighted by atomic mass is 19.1. The molecule has 32 heavy (non-hydrogen) atoms. The molecule has 3 rings (SSSR count). The first-order chi connectivity index (χ1) is 14.9. The Morgan fingerprint density at radius 2 is 1.81 bits per heavy atom. The summed E-state index contributed by atoms with van der Waals surface area (Å²) in [5.74, 6) is -1.14. The molecule has 1 amide bonds. The van der Waals surface area contributed by atoms with Gasteiger partial charge in [-0.15, -0.1) is 0 Å². The van der Waals surface area contributed by atoms with Gasteiger partial charge >= 0.3 is 5.97 Å². The molecule has 0 radical (unpaired) electrons. The number of carbonyl (C=O) groups is 2. The lowest BCUT2D eigenvalue weighted by Gasteiger charge is -2.39. The van der Waals surface area contributed by atoms with E-state index in [1.807, 2.05) is 9.80 Å². The summed E-state index contributed by atoms with van der Waals surface area (Å²) >= 11 is 0.